The fourth-order valence-electron chi connectivity index (χ4n) is 3.73. The third kappa shape index (κ3) is 2.29. The quantitative estimate of drug-likeness (QED) is 0.574. The molecule has 0 amide bonds. The summed E-state index contributed by atoms with van der Waals surface area (Å²) in [7, 11) is 2.10. The maximum atomic E-state index is 10.9. The zero-order valence-electron chi connectivity index (χ0n) is 13.7. The Morgan fingerprint density at radius 3 is 2.67 bits per heavy atom. The molecular weight excluding hydrogens is 302 g/mol. The van der Waals surface area contributed by atoms with Gasteiger partial charge in [0.15, 0.2) is 0 Å². The molecule has 1 N–H and O–H groups in total. The van der Waals surface area contributed by atoms with E-state index in [1.54, 1.807) is 12.1 Å². The summed E-state index contributed by atoms with van der Waals surface area (Å²) in [6.45, 7) is 3.06. The molecule has 4 rings (SSSR count). The second kappa shape index (κ2) is 5.46. The van der Waals surface area contributed by atoms with Gasteiger partial charge in [-0.2, -0.15) is 0 Å². The van der Waals surface area contributed by atoms with Crippen LogP contribution in [0.4, 0.5) is 5.69 Å². The Bertz CT molecular complexity index is 928. The standard InChI is InChI=1S/C19H19N3O2/c1-12-3-8-15-16-9-10-21(2)19(18(16)20-17(15)11-12)13-4-6-14(7-5-13)22(23)24/h3-8,11,19-20H,9-10H2,1-2H3. The molecule has 3 aromatic rings. The molecule has 24 heavy (non-hydrogen) atoms. The summed E-state index contributed by atoms with van der Waals surface area (Å²) in [6, 6.07) is 13.5. The van der Waals surface area contributed by atoms with Crippen LogP contribution in [-0.2, 0) is 6.42 Å². The lowest BCUT2D eigenvalue weighted by molar-refractivity contribution is -0.384. The van der Waals surface area contributed by atoms with E-state index in [0.717, 1.165) is 18.5 Å². The van der Waals surface area contributed by atoms with Crippen molar-refractivity contribution < 1.29 is 4.92 Å². The van der Waals surface area contributed by atoms with Crippen LogP contribution in [0.15, 0.2) is 42.5 Å². The van der Waals surface area contributed by atoms with Crippen molar-refractivity contribution in [2.45, 2.75) is 19.4 Å². The largest absolute Gasteiger partial charge is 0.357 e. The van der Waals surface area contributed by atoms with Crippen LogP contribution in [0.3, 0.4) is 0 Å². The predicted molar refractivity (Wildman–Crippen MR) is 94.3 cm³/mol. The maximum Gasteiger partial charge on any atom is 0.269 e. The van der Waals surface area contributed by atoms with Gasteiger partial charge in [0.25, 0.3) is 5.69 Å². The van der Waals surface area contributed by atoms with Crippen molar-refractivity contribution in [2.75, 3.05) is 13.6 Å². The number of nitro benzene ring substituents is 1. The van der Waals surface area contributed by atoms with Crippen LogP contribution < -0.4 is 0 Å². The van der Waals surface area contributed by atoms with E-state index in [4.69, 9.17) is 0 Å². The summed E-state index contributed by atoms with van der Waals surface area (Å²) in [5.74, 6) is 0. The molecule has 0 saturated heterocycles. The highest BCUT2D eigenvalue weighted by atomic mass is 16.6. The molecule has 5 heteroatoms. The molecular formula is C19H19N3O2. The number of aromatic nitrogens is 1. The summed E-state index contributed by atoms with van der Waals surface area (Å²) < 4.78 is 0. The number of nitrogens with one attached hydrogen (secondary N) is 1. The number of non-ortho nitro benzene ring substituents is 1. The number of likely N-dealkylation sites (N-methyl/N-ethyl adjacent to an activating group) is 1. The number of hydrogen-bond acceptors (Lipinski definition) is 3. The second-order valence-corrected chi connectivity index (χ2v) is 6.55. The maximum absolute atomic E-state index is 10.9. The lowest BCUT2D eigenvalue weighted by Gasteiger charge is -2.33. The van der Waals surface area contributed by atoms with E-state index in [1.165, 1.54) is 27.7 Å². The third-order valence-corrected chi connectivity index (χ3v) is 4.94. The van der Waals surface area contributed by atoms with Crippen molar-refractivity contribution in [3.63, 3.8) is 0 Å². The number of benzene rings is 2. The Hall–Kier alpha value is -2.66. The number of fused-ring (bicyclic) bond motifs is 3. The van der Waals surface area contributed by atoms with Gasteiger partial charge in [-0.05, 0) is 43.1 Å². The van der Waals surface area contributed by atoms with Crippen molar-refractivity contribution >= 4 is 16.6 Å². The van der Waals surface area contributed by atoms with Crippen LogP contribution in [0, 0.1) is 17.0 Å². The summed E-state index contributed by atoms with van der Waals surface area (Å²) >= 11 is 0. The highest BCUT2D eigenvalue weighted by Gasteiger charge is 2.29. The van der Waals surface area contributed by atoms with E-state index >= 15 is 0 Å². The molecule has 0 fully saturated rings. The number of rotatable bonds is 2. The molecule has 0 bridgehead atoms. The highest BCUT2D eigenvalue weighted by Crippen LogP contribution is 2.38. The average molecular weight is 321 g/mol. The normalized spacial score (nSPS) is 17.8. The average Bonchev–Trinajstić information content (AvgIpc) is 2.92. The van der Waals surface area contributed by atoms with Gasteiger partial charge in [-0.3, -0.25) is 15.0 Å². The van der Waals surface area contributed by atoms with Crippen LogP contribution in [-0.4, -0.2) is 28.4 Å². The molecule has 0 radical (unpaired) electrons. The topological polar surface area (TPSA) is 62.2 Å². The Kier molecular flexibility index (Phi) is 3.39. The van der Waals surface area contributed by atoms with Crippen molar-refractivity contribution in [2.24, 2.45) is 0 Å². The first-order valence-electron chi connectivity index (χ1n) is 8.10. The lowest BCUT2D eigenvalue weighted by Crippen LogP contribution is -2.32. The molecule has 0 spiro atoms. The van der Waals surface area contributed by atoms with Gasteiger partial charge in [-0.25, -0.2) is 0 Å². The molecule has 2 heterocycles. The number of nitrogens with zero attached hydrogens (tertiary/aromatic N) is 2. The van der Waals surface area contributed by atoms with Gasteiger partial charge in [0.1, 0.15) is 0 Å². The minimum absolute atomic E-state index is 0.0993. The fourth-order valence-corrected chi connectivity index (χ4v) is 3.73. The number of aryl methyl sites for hydroxylation is 1. The van der Waals surface area contributed by atoms with E-state index in [0.29, 0.717) is 0 Å². The molecule has 1 unspecified atom stereocenters. The number of hydrogen-bond donors (Lipinski definition) is 1. The monoisotopic (exact) mass is 321 g/mol. The van der Waals surface area contributed by atoms with E-state index in [9.17, 15) is 10.1 Å². The van der Waals surface area contributed by atoms with Crippen molar-refractivity contribution in [3.8, 4) is 0 Å². The molecule has 5 nitrogen and oxygen atoms in total. The van der Waals surface area contributed by atoms with Gasteiger partial charge in [-0.15, -0.1) is 0 Å². The lowest BCUT2D eigenvalue weighted by atomic mass is 9.92. The number of nitro groups is 1. The van der Waals surface area contributed by atoms with Crippen molar-refractivity contribution in [1.29, 1.82) is 0 Å². The molecule has 1 aliphatic rings. The molecule has 0 aliphatic carbocycles. The number of H-pyrrole nitrogens is 1. The van der Waals surface area contributed by atoms with E-state index in [-0.39, 0.29) is 16.7 Å². The molecule has 1 aromatic heterocycles. The fraction of sp³-hybridized carbons (Fsp3) is 0.263. The molecule has 122 valence electrons. The van der Waals surface area contributed by atoms with Gasteiger partial charge < -0.3 is 4.98 Å². The first-order valence-corrected chi connectivity index (χ1v) is 8.10. The van der Waals surface area contributed by atoms with Gasteiger partial charge in [0.05, 0.1) is 11.0 Å². The van der Waals surface area contributed by atoms with Crippen LogP contribution >= 0.6 is 0 Å². The minimum Gasteiger partial charge on any atom is -0.357 e. The van der Waals surface area contributed by atoms with Gasteiger partial charge >= 0.3 is 0 Å². The van der Waals surface area contributed by atoms with Gasteiger partial charge in [0.2, 0.25) is 0 Å². The Balaban J connectivity index is 1.84. The van der Waals surface area contributed by atoms with E-state index in [2.05, 4.69) is 42.1 Å². The van der Waals surface area contributed by atoms with Crippen LogP contribution in [0.25, 0.3) is 10.9 Å². The Morgan fingerprint density at radius 1 is 1.21 bits per heavy atom. The zero-order chi connectivity index (χ0) is 16.8. The summed E-state index contributed by atoms with van der Waals surface area (Å²) in [5.41, 5.74) is 6.19. The smallest absolute Gasteiger partial charge is 0.269 e. The Morgan fingerprint density at radius 2 is 1.96 bits per heavy atom. The molecule has 1 aliphatic heterocycles. The second-order valence-electron chi connectivity index (χ2n) is 6.55. The molecule has 2 aromatic carbocycles. The van der Waals surface area contributed by atoms with Crippen LogP contribution in [0.1, 0.15) is 28.4 Å². The first-order chi connectivity index (χ1) is 11.5. The van der Waals surface area contributed by atoms with Crippen molar-refractivity contribution in [3.05, 3.63) is 75.0 Å². The summed E-state index contributed by atoms with van der Waals surface area (Å²) in [5, 5.41) is 12.2. The van der Waals surface area contributed by atoms with Crippen LogP contribution in [0.5, 0.6) is 0 Å². The Labute approximate surface area is 140 Å². The van der Waals surface area contributed by atoms with Crippen molar-refractivity contribution in [1.82, 2.24) is 9.88 Å². The molecule has 0 saturated carbocycles. The SMILES string of the molecule is Cc1ccc2c3c([nH]c2c1)C(c1ccc([N+](=O)[O-])cc1)N(C)CC3. The highest BCUT2D eigenvalue weighted by molar-refractivity contribution is 5.86. The zero-order valence-corrected chi connectivity index (χ0v) is 13.7. The predicted octanol–water partition coefficient (Wildman–Crippen LogP) is 3.96. The number of aromatic amines is 1. The van der Waals surface area contributed by atoms with E-state index < -0.39 is 0 Å². The van der Waals surface area contributed by atoms with E-state index in [1.807, 2.05) is 12.1 Å². The van der Waals surface area contributed by atoms with Crippen LogP contribution in [0.2, 0.25) is 0 Å². The summed E-state index contributed by atoms with van der Waals surface area (Å²) in [6.07, 6.45) is 1.01. The first kappa shape index (κ1) is 14.9. The molecule has 1 atom stereocenters. The summed E-state index contributed by atoms with van der Waals surface area (Å²) in [4.78, 5) is 16.4. The van der Waals surface area contributed by atoms with Gasteiger partial charge in [0, 0.05) is 35.3 Å². The third-order valence-electron chi connectivity index (χ3n) is 4.94. The minimum atomic E-state index is -0.356. The van der Waals surface area contributed by atoms with Gasteiger partial charge in [-0.1, -0.05) is 24.3 Å².